The molecule has 0 aromatic heterocycles. The van der Waals surface area contributed by atoms with Crippen LogP contribution in [0.2, 0.25) is 0 Å². The van der Waals surface area contributed by atoms with Crippen molar-refractivity contribution >= 4 is 17.8 Å². The highest BCUT2D eigenvalue weighted by Crippen LogP contribution is 2.30. The molecule has 3 rings (SSSR count). The lowest BCUT2D eigenvalue weighted by atomic mass is 9.98. The second kappa shape index (κ2) is 13.4. The molecule has 1 aromatic carbocycles. The van der Waals surface area contributed by atoms with Crippen molar-refractivity contribution < 1.29 is 18.8 Å². The minimum atomic E-state index is -0.565. The van der Waals surface area contributed by atoms with Crippen LogP contribution in [0.15, 0.2) is 24.3 Å². The lowest BCUT2D eigenvalue weighted by Gasteiger charge is -2.55. The summed E-state index contributed by atoms with van der Waals surface area (Å²) in [7, 11) is 1.71. The number of carbonyl (C=O) groups is 3. The normalized spacial score (nSPS) is 20.5. The fourth-order valence-electron chi connectivity index (χ4n) is 4.86. The Balaban J connectivity index is 0.00000210. The van der Waals surface area contributed by atoms with Crippen molar-refractivity contribution in [3.05, 3.63) is 35.6 Å². The summed E-state index contributed by atoms with van der Waals surface area (Å²) in [5.74, 6) is -0.483. The van der Waals surface area contributed by atoms with Crippen LogP contribution in [0, 0.1) is 5.82 Å². The first-order chi connectivity index (χ1) is 16.8. The van der Waals surface area contributed by atoms with Crippen LogP contribution in [-0.2, 0) is 16.1 Å². The Labute approximate surface area is 209 Å². The highest BCUT2D eigenvalue weighted by Gasteiger charge is 2.51. The fraction of sp³-hybridized carbons (Fsp3) is 0.654. The monoisotopic (exact) mass is 491 g/mol. The second-order valence-corrected chi connectivity index (χ2v) is 8.85. The Bertz CT molecular complexity index is 846. The van der Waals surface area contributed by atoms with Crippen molar-refractivity contribution in [3.8, 4) is 0 Å². The molecule has 2 aliphatic heterocycles. The summed E-state index contributed by atoms with van der Waals surface area (Å²) in [6, 6.07) is 5.12. The van der Waals surface area contributed by atoms with E-state index in [-0.39, 0.29) is 49.3 Å². The van der Waals surface area contributed by atoms with Crippen LogP contribution >= 0.6 is 0 Å². The zero-order valence-corrected chi connectivity index (χ0v) is 22.1. The van der Waals surface area contributed by atoms with Gasteiger partial charge in [-0.3, -0.25) is 9.59 Å². The van der Waals surface area contributed by atoms with Gasteiger partial charge in [-0.1, -0.05) is 59.6 Å². The van der Waals surface area contributed by atoms with E-state index in [2.05, 4.69) is 26.1 Å². The molecule has 0 radical (unpaired) electrons. The maximum atomic E-state index is 13.5. The van der Waals surface area contributed by atoms with Crippen LogP contribution in [0.5, 0.6) is 0 Å². The zero-order chi connectivity index (χ0) is 26.1. The number of benzene rings is 1. The topological polar surface area (TPSA) is 76.2 Å². The van der Waals surface area contributed by atoms with Crippen molar-refractivity contribution in [2.75, 3.05) is 20.1 Å². The molecule has 9 heteroatoms. The quantitative estimate of drug-likeness (QED) is 0.597. The Morgan fingerprint density at radius 3 is 2.31 bits per heavy atom. The zero-order valence-electron chi connectivity index (χ0n) is 22.1. The SMILES string of the molecule is CC.CCCC[C@H]1C(=O)N(C(CC)CC)CC2N1C(=O)CN(C)N2C(=O)NCc1ccc(F)cc1. The molecule has 1 aromatic rings. The van der Waals surface area contributed by atoms with Gasteiger partial charge in [0.15, 0.2) is 0 Å². The number of likely N-dealkylation sites (N-methyl/N-ethyl adjacent to an activating group) is 1. The van der Waals surface area contributed by atoms with Gasteiger partial charge in [-0.05, 0) is 37.0 Å². The summed E-state index contributed by atoms with van der Waals surface area (Å²) in [6.07, 6.45) is 3.40. The number of halogens is 1. The highest BCUT2D eigenvalue weighted by atomic mass is 19.1. The van der Waals surface area contributed by atoms with E-state index in [1.54, 1.807) is 34.1 Å². The first-order valence-corrected chi connectivity index (χ1v) is 13.0. The van der Waals surface area contributed by atoms with Crippen LogP contribution in [-0.4, -0.2) is 76.0 Å². The average Bonchev–Trinajstić information content (AvgIpc) is 2.85. The molecule has 2 fully saturated rings. The van der Waals surface area contributed by atoms with E-state index in [9.17, 15) is 18.8 Å². The van der Waals surface area contributed by atoms with Crippen LogP contribution in [0.25, 0.3) is 0 Å². The first-order valence-electron chi connectivity index (χ1n) is 13.0. The number of carbonyl (C=O) groups excluding carboxylic acids is 3. The van der Waals surface area contributed by atoms with Gasteiger partial charge in [-0.15, -0.1) is 0 Å². The predicted octanol–water partition coefficient (Wildman–Crippen LogP) is 3.97. The highest BCUT2D eigenvalue weighted by molar-refractivity contribution is 5.91. The molecule has 2 atom stereocenters. The molecule has 4 amide bonds. The number of rotatable bonds is 8. The van der Waals surface area contributed by atoms with Gasteiger partial charge in [0, 0.05) is 19.6 Å². The van der Waals surface area contributed by atoms with Gasteiger partial charge in [0.2, 0.25) is 11.8 Å². The Hall–Kier alpha value is -2.68. The minimum absolute atomic E-state index is 0.0158. The van der Waals surface area contributed by atoms with E-state index in [1.807, 2.05) is 18.7 Å². The van der Waals surface area contributed by atoms with Gasteiger partial charge in [0.25, 0.3) is 0 Å². The standard InChI is InChI=1S/C24H36FN5O3.C2H6/c1-5-8-9-20-23(32)28(19(6-2)7-3)15-21-29(20)22(31)16-27(4)30(21)24(33)26-14-17-10-12-18(25)13-11-17;1-2/h10-13,19-21H,5-9,14-16H2,1-4H3,(H,26,33);1-2H3/t20-,21?;/m0./s1. The van der Waals surface area contributed by atoms with E-state index in [0.29, 0.717) is 6.42 Å². The third-order valence-electron chi connectivity index (χ3n) is 6.67. The van der Waals surface area contributed by atoms with Gasteiger partial charge in [0.1, 0.15) is 18.0 Å². The Morgan fingerprint density at radius 1 is 1.11 bits per heavy atom. The van der Waals surface area contributed by atoms with E-state index >= 15 is 0 Å². The number of hydrazine groups is 1. The van der Waals surface area contributed by atoms with E-state index in [1.165, 1.54) is 12.1 Å². The van der Waals surface area contributed by atoms with Gasteiger partial charge < -0.3 is 15.1 Å². The predicted molar refractivity (Wildman–Crippen MR) is 134 cm³/mol. The molecule has 0 bridgehead atoms. The Kier molecular flexibility index (Phi) is 10.9. The molecule has 2 heterocycles. The largest absolute Gasteiger partial charge is 0.334 e. The number of unbranched alkanes of at least 4 members (excludes halogenated alkanes) is 1. The maximum absolute atomic E-state index is 13.5. The molecule has 196 valence electrons. The van der Waals surface area contributed by atoms with Crippen molar-refractivity contribution in [1.29, 1.82) is 0 Å². The number of nitrogens with zero attached hydrogens (tertiary/aromatic N) is 4. The number of amides is 4. The summed E-state index contributed by atoms with van der Waals surface area (Å²) in [4.78, 5) is 43.3. The van der Waals surface area contributed by atoms with Crippen LogP contribution in [0.4, 0.5) is 9.18 Å². The molecule has 35 heavy (non-hydrogen) atoms. The number of hydrogen-bond acceptors (Lipinski definition) is 4. The van der Waals surface area contributed by atoms with E-state index in [4.69, 9.17) is 0 Å². The van der Waals surface area contributed by atoms with Gasteiger partial charge in [0.05, 0.1) is 13.1 Å². The molecule has 2 aliphatic rings. The fourth-order valence-corrected chi connectivity index (χ4v) is 4.86. The minimum Gasteiger partial charge on any atom is -0.334 e. The number of urea groups is 1. The molecule has 0 spiro atoms. The molecule has 1 unspecified atom stereocenters. The van der Waals surface area contributed by atoms with Crippen LogP contribution in [0.1, 0.15) is 72.3 Å². The van der Waals surface area contributed by atoms with Crippen molar-refractivity contribution in [2.45, 2.75) is 91.5 Å². The van der Waals surface area contributed by atoms with Gasteiger partial charge in [-0.25, -0.2) is 19.2 Å². The van der Waals surface area contributed by atoms with Crippen molar-refractivity contribution in [1.82, 2.24) is 25.1 Å². The first kappa shape index (κ1) is 28.6. The van der Waals surface area contributed by atoms with Crippen LogP contribution in [0.3, 0.4) is 0 Å². The molecule has 1 N–H and O–H groups in total. The third-order valence-corrected chi connectivity index (χ3v) is 6.67. The number of hydrogen-bond donors (Lipinski definition) is 1. The van der Waals surface area contributed by atoms with Gasteiger partial charge in [-0.2, -0.15) is 0 Å². The molecule has 2 saturated heterocycles. The average molecular weight is 492 g/mol. The molecular weight excluding hydrogens is 449 g/mol. The van der Waals surface area contributed by atoms with E-state index in [0.717, 1.165) is 31.2 Å². The molecule has 0 saturated carbocycles. The van der Waals surface area contributed by atoms with Crippen LogP contribution < -0.4 is 5.32 Å². The lowest BCUT2D eigenvalue weighted by Crippen LogP contribution is -2.76. The summed E-state index contributed by atoms with van der Waals surface area (Å²) in [5.41, 5.74) is 0.774. The number of piperazine rings is 1. The Morgan fingerprint density at radius 2 is 1.74 bits per heavy atom. The van der Waals surface area contributed by atoms with Gasteiger partial charge >= 0.3 is 6.03 Å². The third kappa shape index (κ3) is 6.51. The number of nitrogens with one attached hydrogen (secondary N) is 1. The lowest BCUT2D eigenvalue weighted by molar-refractivity contribution is -0.189. The summed E-state index contributed by atoms with van der Waals surface area (Å²) in [6.45, 7) is 10.7. The molecule has 8 nitrogen and oxygen atoms in total. The van der Waals surface area contributed by atoms with Crippen molar-refractivity contribution in [3.63, 3.8) is 0 Å². The molecular formula is C26H42FN5O3. The summed E-state index contributed by atoms with van der Waals surface area (Å²) >= 11 is 0. The second-order valence-electron chi connectivity index (χ2n) is 8.85. The summed E-state index contributed by atoms with van der Waals surface area (Å²) < 4.78 is 13.2. The summed E-state index contributed by atoms with van der Waals surface area (Å²) in [5, 5.41) is 6.08. The maximum Gasteiger partial charge on any atom is 0.334 e. The van der Waals surface area contributed by atoms with E-state index < -0.39 is 12.2 Å². The number of fused-ring (bicyclic) bond motifs is 1. The smallest absolute Gasteiger partial charge is 0.334 e. The molecule has 0 aliphatic carbocycles. The van der Waals surface area contributed by atoms with Crippen molar-refractivity contribution in [2.24, 2.45) is 0 Å².